The van der Waals surface area contributed by atoms with Gasteiger partial charge in [-0.1, -0.05) is 13.8 Å². The van der Waals surface area contributed by atoms with Crippen LogP contribution in [0.25, 0.3) is 0 Å². The first-order valence-electron chi connectivity index (χ1n) is 4.85. The summed E-state index contributed by atoms with van der Waals surface area (Å²) in [5.74, 6) is 1.11. The molecule has 0 aliphatic rings. The quantitative estimate of drug-likeness (QED) is 0.738. The number of hydrogen-bond donors (Lipinski definition) is 0. The minimum Gasteiger partial charge on any atom is -0.496 e. The van der Waals surface area contributed by atoms with Crippen molar-refractivity contribution in [2.75, 3.05) is 7.11 Å². The van der Waals surface area contributed by atoms with Crippen molar-refractivity contribution in [1.82, 2.24) is 0 Å². The van der Waals surface area contributed by atoms with Gasteiger partial charge in [0.15, 0.2) is 0 Å². The van der Waals surface area contributed by atoms with E-state index in [2.05, 4.69) is 13.8 Å². The van der Waals surface area contributed by atoms with Crippen molar-refractivity contribution in [2.45, 2.75) is 26.7 Å². The molecule has 0 spiro atoms. The maximum Gasteiger partial charge on any atom is 0.252 e. The summed E-state index contributed by atoms with van der Waals surface area (Å²) in [6.45, 7) is 5.95. The smallest absolute Gasteiger partial charge is 0.252 e. The number of carbonyl (C=O) groups is 1. The van der Waals surface area contributed by atoms with Crippen LogP contribution in [0.2, 0.25) is 0 Å². The van der Waals surface area contributed by atoms with Gasteiger partial charge in [0.05, 0.1) is 7.11 Å². The fraction of sp³-hybridized carbons (Fsp3) is 0.417. The van der Waals surface area contributed by atoms with E-state index in [1.165, 1.54) is 0 Å². The Labute approximate surface area is 95.2 Å². The molecule has 1 rings (SSSR count). The van der Waals surface area contributed by atoms with Crippen molar-refractivity contribution in [3.05, 3.63) is 28.8 Å². The fourth-order valence-electron chi connectivity index (χ4n) is 1.54. The Kier molecular flexibility index (Phi) is 3.75. The second kappa shape index (κ2) is 4.67. The van der Waals surface area contributed by atoms with Crippen LogP contribution in [0.15, 0.2) is 12.1 Å². The molecule has 0 saturated carbocycles. The molecular weight excluding hydrogens is 212 g/mol. The second-order valence-corrected chi connectivity index (χ2v) is 4.18. The molecule has 0 radical (unpaired) electrons. The summed E-state index contributed by atoms with van der Waals surface area (Å²) in [6, 6.07) is 3.67. The zero-order chi connectivity index (χ0) is 11.6. The van der Waals surface area contributed by atoms with Crippen LogP contribution in [-0.2, 0) is 0 Å². The third kappa shape index (κ3) is 2.51. The Hall–Kier alpha value is -1.02. The number of benzene rings is 1. The Balaban J connectivity index is 3.37. The molecule has 0 atom stereocenters. The Morgan fingerprint density at radius 3 is 2.40 bits per heavy atom. The van der Waals surface area contributed by atoms with E-state index in [4.69, 9.17) is 16.3 Å². The summed E-state index contributed by atoms with van der Waals surface area (Å²) in [7, 11) is 1.63. The highest BCUT2D eigenvalue weighted by Crippen LogP contribution is 2.30. The minimum absolute atomic E-state index is 0.301. The number of aryl methyl sites for hydroxylation is 1. The van der Waals surface area contributed by atoms with Crippen molar-refractivity contribution in [3.8, 4) is 5.75 Å². The molecule has 0 bridgehead atoms. The first-order chi connectivity index (χ1) is 6.97. The van der Waals surface area contributed by atoms with E-state index < -0.39 is 5.24 Å². The van der Waals surface area contributed by atoms with Crippen LogP contribution in [0.4, 0.5) is 0 Å². The fourth-order valence-corrected chi connectivity index (χ4v) is 1.74. The van der Waals surface area contributed by atoms with Crippen LogP contribution in [0.1, 0.15) is 41.3 Å². The predicted molar refractivity (Wildman–Crippen MR) is 62.0 cm³/mol. The average Bonchev–Trinajstić information content (AvgIpc) is 2.16. The molecular formula is C12H15ClO2. The molecule has 0 saturated heterocycles. The summed E-state index contributed by atoms with van der Waals surface area (Å²) in [6.07, 6.45) is 0. The van der Waals surface area contributed by atoms with Gasteiger partial charge in [0, 0.05) is 5.56 Å². The summed E-state index contributed by atoms with van der Waals surface area (Å²) in [4.78, 5) is 11.2. The van der Waals surface area contributed by atoms with E-state index in [-0.39, 0.29) is 0 Å². The molecule has 0 N–H and O–H groups in total. The van der Waals surface area contributed by atoms with Crippen LogP contribution in [-0.4, -0.2) is 12.4 Å². The number of methoxy groups -OCH3 is 1. The van der Waals surface area contributed by atoms with Crippen molar-refractivity contribution in [2.24, 2.45) is 0 Å². The van der Waals surface area contributed by atoms with Gasteiger partial charge in [-0.2, -0.15) is 0 Å². The number of carbonyl (C=O) groups excluding carboxylic acids is 1. The van der Waals surface area contributed by atoms with Crippen LogP contribution in [0.3, 0.4) is 0 Å². The molecule has 0 heterocycles. The van der Waals surface area contributed by atoms with Gasteiger partial charge < -0.3 is 4.74 Å². The number of ether oxygens (including phenoxy) is 1. The molecule has 0 aliphatic heterocycles. The molecule has 0 amide bonds. The number of rotatable bonds is 3. The zero-order valence-electron chi connectivity index (χ0n) is 9.43. The SMILES string of the molecule is COc1cc(C)c(C(=O)Cl)cc1C(C)C. The van der Waals surface area contributed by atoms with Gasteiger partial charge in [0.1, 0.15) is 5.75 Å². The Morgan fingerprint density at radius 1 is 1.40 bits per heavy atom. The minimum atomic E-state index is -0.419. The lowest BCUT2D eigenvalue weighted by molar-refractivity contribution is 0.108. The Bertz CT molecular complexity index is 383. The van der Waals surface area contributed by atoms with Crippen molar-refractivity contribution in [1.29, 1.82) is 0 Å². The van der Waals surface area contributed by atoms with E-state index >= 15 is 0 Å². The van der Waals surface area contributed by atoms with Gasteiger partial charge >= 0.3 is 0 Å². The van der Waals surface area contributed by atoms with E-state index in [0.717, 1.165) is 16.9 Å². The molecule has 1 aromatic carbocycles. The normalized spacial score (nSPS) is 10.5. The molecule has 0 unspecified atom stereocenters. The van der Waals surface area contributed by atoms with E-state index in [1.807, 2.05) is 19.1 Å². The second-order valence-electron chi connectivity index (χ2n) is 3.84. The van der Waals surface area contributed by atoms with Crippen LogP contribution in [0, 0.1) is 6.92 Å². The summed E-state index contributed by atoms with van der Waals surface area (Å²) in [5, 5.41) is -0.419. The third-order valence-corrected chi connectivity index (χ3v) is 2.61. The Morgan fingerprint density at radius 2 is 2.00 bits per heavy atom. The maximum absolute atomic E-state index is 11.2. The van der Waals surface area contributed by atoms with Gasteiger partial charge in [-0.3, -0.25) is 4.79 Å². The highest BCUT2D eigenvalue weighted by Gasteiger charge is 2.14. The average molecular weight is 227 g/mol. The van der Waals surface area contributed by atoms with Gasteiger partial charge in [-0.15, -0.1) is 0 Å². The van der Waals surface area contributed by atoms with E-state index in [0.29, 0.717) is 11.5 Å². The van der Waals surface area contributed by atoms with E-state index in [1.54, 1.807) is 7.11 Å². The summed E-state index contributed by atoms with van der Waals surface area (Å²) in [5.41, 5.74) is 2.41. The highest BCUT2D eigenvalue weighted by molar-refractivity contribution is 6.67. The standard InChI is InChI=1S/C12H15ClO2/c1-7(2)9-6-10(12(13)14)8(3)5-11(9)15-4/h5-7H,1-4H3. The molecule has 0 fully saturated rings. The van der Waals surface area contributed by atoms with E-state index in [9.17, 15) is 4.79 Å². The molecule has 0 aliphatic carbocycles. The largest absolute Gasteiger partial charge is 0.496 e. The monoisotopic (exact) mass is 226 g/mol. The lowest BCUT2D eigenvalue weighted by atomic mass is 9.97. The number of hydrogen-bond acceptors (Lipinski definition) is 2. The summed E-state index contributed by atoms with van der Waals surface area (Å²) < 4.78 is 5.27. The zero-order valence-corrected chi connectivity index (χ0v) is 10.2. The first kappa shape index (κ1) is 12.1. The molecule has 2 nitrogen and oxygen atoms in total. The lowest BCUT2D eigenvalue weighted by Gasteiger charge is -2.14. The van der Waals surface area contributed by atoms with Crippen molar-refractivity contribution < 1.29 is 9.53 Å². The molecule has 15 heavy (non-hydrogen) atoms. The van der Waals surface area contributed by atoms with Gasteiger partial charge in [0.25, 0.3) is 5.24 Å². The number of halogens is 1. The molecule has 82 valence electrons. The lowest BCUT2D eigenvalue weighted by Crippen LogP contribution is -2.01. The van der Waals surface area contributed by atoms with Crippen LogP contribution >= 0.6 is 11.6 Å². The van der Waals surface area contributed by atoms with Crippen molar-refractivity contribution >= 4 is 16.8 Å². The van der Waals surface area contributed by atoms with Gasteiger partial charge in [-0.25, -0.2) is 0 Å². The van der Waals surface area contributed by atoms with Crippen LogP contribution in [0.5, 0.6) is 5.75 Å². The predicted octanol–water partition coefficient (Wildman–Crippen LogP) is 3.51. The van der Waals surface area contributed by atoms with Crippen LogP contribution < -0.4 is 4.74 Å². The molecule has 3 heteroatoms. The van der Waals surface area contributed by atoms with Gasteiger partial charge in [0.2, 0.25) is 0 Å². The topological polar surface area (TPSA) is 26.3 Å². The highest BCUT2D eigenvalue weighted by atomic mass is 35.5. The van der Waals surface area contributed by atoms with Gasteiger partial charge in [-0.05, 0) is 47.7 Å². The molecule has 0 aromatic heterocycles. The molecule has 1 aromatic rings. The van der Waals surface area contributed by atoms with Crippen molar-refractivity contribution in [3.63, 3.8) is 0 Å². The summed E-state index contributed by atoms with van der Waals surface area (Å²) >= 11 is 5.50. The maximum atomic E-state index is 11.2. The third-order valence-electron chi connectivity index (χ3n) is 2.41. The first-order valence-corrected chi connectivity index (χ1v) is 5.23.